The van der Waals surface area contributed by atoms with Gasteiger partial charge in [-0.1, -0.05) is 30.3 Å². The molecule has 3 aromatic rings. The van der Waals surface area contributed by atoms with Gasteiger partial charge >= 0.3 is 5.97 Å². The molecule has 3 aromatic carbocycles. The number of fused-ring (bicyclic) bond motifs is 1. The van der Waals surface area contributed by atoms with E-state index in [9.17, 15) is 30.3 Å². The Hall–Kier alpha value is -4.07. The van der Waals surface area contributed by atoms with Crippen molar-refractivity contribution in [3.63, 3.8) is 0 Å². The van der Waals surface area contributed by atoms with Crippen LogP contribution < -0.4 is 4.74 Å². The Morgan fingerprint density at radius 1 is 0.900 bits per heavy atom. The summed E-state index contributed by atoms with van der Waals surface area (Å²) in [5.74, 6) is -3.03. The fraction of sp³-hybridized carbons (Fsp3) is 0.136. The van der Waals surface area contributed by atoms with Crippen LogP contribution in [0.3, 0.4) is 0 Å². The fourth-order valence-corrected chi connectivity index (χ4v) is 3.40. The van der Waals surface area contributed by atoms with Gasteiger partial charge in [-0.25, -0.2) is 4.79 Å². The van der Waals surface area contributed by atoms with E-state index in [1.165, 1.54) is 12.1 Å². The maximum atomic E-state index is 12.7. The first-order valence-electron chi connectivity index (χ1n) is 9.06. The van der Waals surface area contributed by atoms with Gasteiger partial charge in [0.25, 0.3) is 0 Å². The number of hydrogen-bond donors (Lipinski definition) is 5. The van der Waals surface area contributed by atoms with Gasteiger partial charge in [-0.2, -0.15) is 0 Å². The van der Waals surface area contributed by atoms with E-state index in [2.05, 4.69) is 0 Å². The van der Waals surface area contributed by atoms with Crippen LogP contribution in [0.5, 0.6) is 34.5 Å². The molecule has 0 aliphatic carbocycles. The van der Waals surface area contributed by atoms with Crippen LogP contribution in [-0.4, -0.2) is 37.6 Å². The van der Waals surface area contributed by atoms with Crippen LogP contribution in [0.15, 0.2) is 54.6 Å². The summed E-state index contributed by atoms with van der Waals surface area (Å²) in [5.41, 5.74) is 0.907. The first kappa shape index (κ1) is 19.3. The Morgan fingerprint density at radius 3 is 2.23 bits per heavy atom. The molecule has 0 saturated carbocycles. The molecule has 8 nitrogen and oxygen atoms in total. The number of aromatic hydroxyl groups is 5. The van der Waals surface area contributed by atoms with Gasteiger partial charge in [0.1, 0.15) is 23.4 Å². The number of rotatable bonds is 3. The largest absolute Gasteiger partial charge is 0.508 e. The molecule has 0 aromatic heterocycles. The summed E-state index contributed by atoms with van der Waals surface area (Å²) in [4.78, 5) is 12.7. The normalized spacial score (nSPS) is 17.6. The number of hydrogen-bond acceptors (Lipinski definition) is 8. The molecule has 4 rings (SSSR count). The van der Waals surface area contributed by atoms with Gasteiger partial charge in [-0.15, -0.1) is 0 Å². The van der Waals surface area contributed by atoms with Crippen molar-refractivity contribution in [1.29, 1.82) is 0 Å². The molecule has 0 unspecified atom stereocenters. The lowest BCUT2D eigenvalue weighted by Crippen LogP contribution is -2.34. The molecule has 0 saturated heterocycles. The molecule has 0 bridgehead atoms. The van der Waals surface area contributed by atoms with E-state index in [-0.39, 0.29) is 29.2 Å². The van der Waals surface area contributed by atoms with E-state index in [1.54, 1.807) is 24.3 Å². The Bertz CT molecular complexity index is 1090. The molecular weight excluding hydrogens is 392 g/mol. The molecule has 0 fully saturated rings. The maximum absolute atomic E-state index is 12.7. The molecule has 154 valence electrons. The molecule has 1 aliphatic heterocycles. The zero-order valence-corrected chi connectivity index (χ0v) is 15.5. The first-order chi connectivity index (χ1) is 14.3. The van der Waals surface area contributed by atoms with Gasteiger partial charge in [0.05, 0.1) is 5.56 Å². The molecule has 0 radical (unpaired) electrons. The summed E-state index contributed by atoms with van der Waals surface area (Å²) >= 11 is 0. The predicted molar refractivity (Wildman–Crippen MR) is 104 cm³/mol. The lowest BCUT2D eigenvalue weighted by Gasteiger charge is -2.34. The van der Waals surface area contributed by atoms with Crippen LogP contribution in [0.2, 0.25) is 0 Å². The average Bonchev–Trinajstić information content (AvgIpc) is 2.72. The van der Waals surface area contributed by atoms with Crippen LogP contribution in [0.4, 0.5) is 0 Å². The number of esters is 1. The van der Waals surface area contributed by atoms with Crippen LogP contribution in [0.25, 0.3) is 0 Å². The van der Waals surface area contributed by atoms with E-state index in [4.69, 9.17) is 9.47 Å². The molecule has 5 N–H and O–H groups in total. The highest BCUT2D eigenvalue weighted by Gasteiger charge is 2.36. The number of benzene rings is 3. The lowest BCUT2D eigenvalue weighted by molar-refractivity contribution is -0.0188. The van der Waals surface area contributed by atoms with E-state index < -0.39 is 35.4 Å². The third-order valence-electron chi connectivity index (χ3n) is 4.86. The Kier molecular flexibility index (Phi) is 4.75. The molecular formula is C22H18O8. The van der Waals surface area contributed by atoms with Crippen molar-refractivity contribution >= 4 is 5.97 Å². The highest BCUT2D eigenvalue weighted by Crippen LogP contribution is 2.43. The van der Waals surface area contributed by atoms with Gasteiger partial charge in [-0.05, 0) is 17.7 Å². The van der Waals surface area contributed by atoms with Crippen LogP contribution in [-0.2, 0) is 11.2 Å². The molecule has 2 atom stereocenters. The number of phenols is 5. The summed E-state index contributed by atoms with van der Waals surface area (Å²) in [7, 11) is 0. The highest BCUT2D eigenvalue weighted by atomic mass is 16.6. The second-order valence-electron chi connectivity index (χ2n) is 6.90. The average molecular weight is 410 g/mol. The van der Waals surface area contributed by atoms with E-state index >= 15 is 0 Å². The lowest BCUT2D eigenvalue weighted by atomic mass is 9.93. The Labute approximate surface area is 170 Å². The fourth-order valence-electron chi connectivity index (χ4n) is 3.40. The van der Waals surface area contributed by atoms with Crippen molar-refractivity contribution in [1.82, 2.24) is 0 Å². The standard InChI is InChI=1S/C22H18O8/c23-13-8-15(24)14-10-19(21(29-18(14)9-13)11-4-2-1-3-5-11)30-22(28)12-6-16(25)20(27)17(26)7-12/h1-9,19,21,23-27H,10H2/t19-,21-/m1/s1. The third-order valence-corrected chi connectivity index (χ3v) is 4.86. The van der Waals surface area contributed by atoms with Crippen molar-refractivity contribution in [2.75, 3.05) is 0 Å². The Morgan fingerprint density at radius 2 is 1.57 bits per heavy atom. The van der Waals surface area contributed by atoms with Gasteiger partial charge in [0.15, 0.2) is 23.4 Å². The Balaban J connectivity index is 1.69. The van der Waals surface area contributed by atoms with E-state index in [0.717, 1.165) is 12.1 Å². The minimum Gasteiger partial charge on any atom is -0.508 e. The minimum atomic E-state index is -0.864. The maximum Gasteiger partial charge on any atom is 0.338 e. The molecule has 0 amide bonds. The second kappa shape index (κ2) is 7.40. The van der Waals surface area contributed by atoms with Gasteiger partial charge < -0.3 is 35.0 Å². The quantitative estimate of drug-likeness (QED) is 0.328. The van der Waals surface area contributed by atoms with Crippen LogP contribution >= 0.6 is 0 Å². The van der Waals surface area contributed by atoms with Gasteiger partial charge in [-0.3, -0.25) is 0 Å². The van der Waals surface area contributed by atoms with E-state index in [1.807, 2.05) is 6.07 Å². The number of carbonyl (C=O) groups excluding carboxylic acids is 1. The summed E-state index contributed by atoms with van der Waals surface area (Å²) in [6, 6.07) is 13.5. The number of phenolic OH excluding ortho intramolecular Hbond substituents is 5. The zero-order chi connectivity index (χ0) is 21.4. The summed E-state index contributed by atoms with van der Waals surface area (Å²) in [6.07, 6.45) is -1.49. The van der Waals surface area contributed by atoms with E-state index in [0.29, 0.717) is 11.1 Å². The second-order valence-corrected chi connectivity index (χ2v) is 6.90. The molecule has 1 heterocycles. The van der Waals surface area contributed by atoms with Crippen molar-refractivity contribution in [2.45, 2.75) is 18.6 Å². The highest BCUT2D eigenvalue weighted by molar-refractivity contribution is 5.91. The minimum absolute atomic E-state index is 0.1000. The summed E-state index contributed by atoms with van der Waals surface area (Å²) < 4.78 is 11.6. The van der Waals surface area contributed by atoms with Crippen molar-refractivity contribution in [3.8, 4) is 34.5 Å². The van der Waals surface area contributed by atoms with Crippen LogP contribution in [0, 0.1) is 0 Å². The summed E-state index contributed by atoms with van der Waals surface area (Å²) in [5, 5.41) is 48.7. The first-order valence-corrected chi connectivity index (χ1v) is 9.06. The molecule has 30 heavy (non-hydrogen) atoms. The van der Waals surface area contributed by atoms with Crippen LogP contribution in [0.1, 0.15) is 27.6 Å². The van der Waals surface area contributed by atoms with Crippen molar-refractivity contribution in [2.24, 2.45) is 0 Å². The third kappa shape index (κ3) is 3.50. The van der Waals surface area contributed by atoms with Crippen molar-refractivity contribution in [3.05, 3.63) is 71.3 Å². The summed E-state index contributed by atoms with van der Waals surface area (Å²) in [6.45, 7) is 0. The molecule has 8 heteroatoms. The number of ether oxygens (including phenoxy) is 2. The smallest absolute Gasteiger partial charge is 0.338 e. The predicted octanol–water partition coefficient (Wildman–Crippen LogP) is 3.12. The van der Waals surface area contributed by atoms with Crippen molar-refractivity contribution < 1.29 is 39.8 Å². The monoisotopic (exact) mass is 410 g/mol. The SMILES string of the molecule is O=C(O[C@@H]1Cc2c(O)cc(O)cc2O[C@@H]1c1ccccc1)c1cc(O)c(O)c(O)c1. The zero-order valence-electron chi connectivity index (χ0n) is 15.5. The molecule has 0 spiro atoms. The number of carbonyl (C=O) groups is 1. The topological polar surface area (TPSA) is 137 Å². The molecule has 1 aliphatic rings. The van der Waals surface area contributed by atoms with Gasteiger partial charge in [0, 0.05) is 24.1 Å². The van der Waals surface area contributed by atoms with Gasteiger partial charge in [0.2, 0.25) is 0 Å².